The number of hydrogen-bond donors (Lipinski definition) is 2. The zero-order valence-corrected chi connectivity index (χ0v) is 17.8. The molecule has 0 saturated carbocycles. The first kappa shape index (κ1) is 21.5. The van der Waals surface area contributed by atoms with Gasteiger partial charge in [-0.25, -0.2) is 0 Å². The van der Waals surface area contributed by atoms with Crippen molar-refractivity contribution in [3.05, 3.63) is 88.3 Å². The van der Waals surface area contributed by atoms with Crippen LogP contribution in [-0.4, -0.2) is 33.5 Å². The minimum absolute atomic E-state index is 0.279. The van der Waals surface area contributed by atoms with E-state index in [2.05, 4.69) is 10.9 Å². The average molecular weight is 438 g/mol. The molecular formula is C22H19N3O3S2. The molecule has 0 atom stereocenters. The highest BCUT2D eigenvalue weighted by molar-refractivity contribution is 8.26. The average Bonchev–Trinajstić information content (AvgIpc) is 3.00. The molecule has 0 unspecified atom stereocenters. The summed E-state index contributed by atoms with van der Waals surface area (Å²) in [4.78, 5) is 38.6. The number of hydrogen-bond acceptors (Lipinski definition) is 5. The normalized spacial score (nSPS) is 15.1. The Hall–Kier alpha value is -3.23. The summed E-state index contributed by atoms with van der Waals surface area (Å²) in [6.45, 7) is 1.52. The van der Waals surface area contributed by atoms with Gasteiger partial charge in [-0.2, -0.15) is 0 Å². The first-order valence-electron chi connectivity index (χ1n) is 9.07. The molecule has 0 bridgehead atoms. The second-order valence-corrected chi connectivity index (χ2v) is 8.05. The molecule has 0 aromatic heterocycles. The number of carbonyl (C=O) groups is 3. The molecule has 0 aliphatic carbocycles. The molecule has 6 nitrogen and oxygen atoms in total. The SMILES string of the molecule is Cc1ccccc1C(=O)NNC(=O)CN1C(=O)C(=CC=Cc2ccccc2)SC1=S. The third-order valence-corrected chi connectivity index (χ3v) is 5.61. The molecule has 3 rings (SSSR count). The summed E-state index contributed by atoms with van der Waals surface area (Å²) in [6, 6.07) is 16.7. The topological polar surface area (TPSA) is 78.5 Å². The van der Waals surface area contributed by atoms with Gasteiger partial charge in [0.2, 0.25) is 0 Å². The number of nitrogens with zero attached hydrogens (tertiary/aromatic N) is 1. The number of thiocarbonyl (C=S) groups is 1. The van der Waals surface area contributed by atoms with Crippen molar-refractivity contribution >= 4 is 52.1 Å². The third-order valence-electron chi connectivity index (χ3n) is 4.22. The third kappa shape index (κ3) is 5.43. The number of benzene rings is 2. The lowest BCUT2D eigenvalue weighted by Crippen LogP contribution is -2.47. The fourth-order valence-corrected chi connectivity index (χ4v) is 3.87. The number of rotatable bonds is 5. The molecule has 2 aromatic rings. The van der Waals surface area contributed by atoms with Gasteiger partial charge in [0.1, 0.15) is 10.9 Å². The minimum atomic E-state index is -0.547. The van der Waals surface area contributed by atoms with Crippen LogP contribution in [0.2, 0.25) is 0 Å². The highest BCUT2D eigenvalue weighted by atomic mass is 32.2. The van der Waals surface area contributed by atoms with Crippen LogP contribution in [0.1, 0.15) is 21.5 Å². The van der Waals surface area contributed by atoms with Gasteiger partial charge >= 0.3 is 0 Å². The Labute approximate surface area is 184 Å². The van der Waals surface area contributed by atoms with Gasteiger partial charge in [-0.05, 0) is 30.2 Å². The summed E-state index contributed by atoms with van der Waals surface area (Å²) in [5.74, 6) is -1.32. The predicted molar refractivity (Wildman–Crippen MR) is 122 cm³/mol. The van der Waals surface area contributed by atoms with Crippen LogP contribution in [-0.2, 0) is 9.59 Å². The lowest BCUT2D eigenvalue weighted by Gasteiger charge is -2.14. The van der Waals surface area contributed by atoms with Gasteiger partial charge in [-0.1, -0.05) is 84.7 Å². The standard InChI is InChI=1S/C22H19N3O3S2/c1-15-8-5-6-12-17(15)20(27)24-23-19(26)14-25-21(28)18(30-22(25)29)13-7-11-16-9-3-2-4-10-16/h2-13H,14H2,1H3,(H,23,26)(H,24,27). The van der Waals surface area contributed by atoms with Gasteiger partial charge < -0.3 is 0 Å². The van der Waals surface area contributed by atoms with E-state index in [4.69, 9.17) is 12.2 Å². The van der Waals surface area contributed by atoms with E-state index in [-0.39, 0.29) is 12.5 Å². The lowest BCUT2D eigenvalue weighted by molar-refractivity contribution is -0.129. The van der Waals surface area contributed by atoms with Gasteiger partial charge in [-0.3, -0.25) is 30.1 Å². The van der Waals surface area contributed by atoms with E-state index < -0.39 is 11.8 Å². The second-order valence-electron chi connectivity index (χ2n) is 6.38. The van der Waals surface area contributed by atoms with Crippen LogP contribution in [0.3, 0.4) is 0 Å². The number of hydrazine groups is 1. The Kier molecular flexibility index (Phi) is 7.16. The van der Waals surface area contributed by atoms with Crippen LogP contribution in [0.15, 0.2) is 71.7 Å². The zero-order chi connectivity index (χ0) is 21.5. The molecular weight excluding hydrogens is 418 g/mol. The van der Waals surface area contributed by atoms with E-state index >= 15 is 0 Å². The summed E-state index contributed by atoms with van der Waals surface area (Å²) in [5.41, 5.74) is 6.92. The molecule has 2 aromatic carbocycles. The van der Waals surface area contributed by atoms with Crippen molar-refractivity contribution < 1.29 is 14.4 Å². The van der Waals surface area contributed by atoms with Gasteiger partial charge in [-0.15, -0.1) is 0 Å². The van der Waals surface area contributed by atoms with Gasteiger partial charge in [0, 0.05) is 5.56 Å². The molecule has 1 heterocycles. The number of amides is 3. The Morgan fingerprint density at radius 2 is 1.77 bits per heavy atom. The monoisotopic (exact) mass is 437 g/mol. The van der Waals surface area contributed by atoms with Crippen LogP contribution in [0, 0.1) is 6.92 Å². The van der Waals surface area contributed by atoms with E-state index in [1.165, 1.54) is 4.90 Å². The number of nitrogens with one attached hydrogen (secondary N) is 2. The highest BCUT2D eigenvalue weighted by Gasteiger charge is 2.33. The van der Waals surface area contributed by atoms with Crippen molar-refractivity contribution in [2.24, 2.45) is 0 Å². The summed E-state index contributed by atoms with van der Waals surface area (Å²) in [5, 5.41) is 0. The van der Waals surface area contributed by atoms with E-state index in [0.29, 0.717) is 14.8 Å². The van der Waals surface area contributed by atoms with Gasteiger partial charge in [0.15, 0.2) is 0 Å². The predicted octanol–water partition coefficient (Wildman–Crippen LogP) is 3.21. The fourth-order valence-electron chi connectivity index (χ4n) is 2.67. The lowest BCUT2D eigenvalue weighted by atomic mass is 10.1. The molecule has 2 N–H and O–H groups in total. The molecule has 0 spiro atoms. The Balaban J connectivity index is 1.55. The number of allylic oxidation sites excluding steroid dienone is 2. The number of thioether (sulfide) groups is 1. The molecule has 152 valence electrons. The van der Waals surface area contributed by atoms with Crippen molar-refractivity contribution in [1.82, 2.24) is 15.8 Å². The maximum atomic E-state index is 12.5. The summed E-state index contributed by atoms with van der Waals surface area (Å²) < 4.78 is 0.291. The van der Waals surface area contributed by atoms with E-state index in [1.54, 1.807) is 37.3 Å². The van der Waals surface area contributed by atoms with Crippen LogP contribution < -0.4 is 10.9 Å². The molecule has 1 fully saturated rings. The largest absolute Gasteiger partial charge is 0.283 e. The van der Waals surface area contributed by atoms with Crippen molar-refractivity contribution in [3.63, 3.8) is 0 Å². The summed E-state index contributed by atoms with van der Waals surface area (Å²) in [6.07, 6.45) is 5.31. The Morgan fingerprint density at radius 1 is 1.07 bits per heavy atom. The molecule has 1 saturated heterocycles. The summed E-state index contributed by atoms with van der Waals surface area (Å²) in [7, 11) is 0. The molecule has 1 aliphatic rings. The fraction of sp³-hybridized carbons (Fsp3) is 0.0909. The maximum absolute atomic E-state index is 12.5. The van der Waals surface area contributed by atoms with E-state index in [1.807, 2.05) is 42.5 Å². The molecule has 30 heavy (non-hydrogen) atoms. The summed E-state index contributed by atoms with van der Waals surface area (Å²) >= 11 is 6.35. The van der Waals surface area contributed by atoms with Crippen molar-refractivity contribution in [1.29, 1.82) is 0 Å². The molecule has 1 aliphatic heterocycles. The first-order chi connectivity index (χ1) is 14.5. The van der Waals surface area contributed by atoms with Crippen LogP contribution in [0.4, 0.5) is 0 Å². The maximum Gasteiger partial charge on any atom is 0.269 e. The zero-order valence-electron chi connectivity index (χ0n) is 16.1. The Morgan fingerprint density at radius 3 is 2.50 bits per heavy atom. The minimum Gasteiger partial charge on any atom is -0.283 e. The van der Waals surface area contributed by atoms with Gasteiger partial charge in [0.05, 0.1) is 4.91 Å². The van der Waals surface area contributed by atoms with Crippen molar-refractivity contribution in [3.8, 4) is 0 Å². The van der Waals surface area contributed by atoms with Crippen LogP contribution in [0.25, 0.3) is 6.08 Å². The van der Waals surface area contributed by atoms with E-state index in [9.17, 15) is 14.4 Å². The smallest absolute Gasteiger partial charge is 0.269 e. The highest BCUT2D eigenvalue weighted by Crippen LogP contribution is 2.30. The van der Waals surface area contributed by atoms with E-state index in [0.717, 1.165) is 22.9 Å². The molecule has 3 amide bonds. The van der Waals surface area contributed by atoms with Crippen LogP contribution in [0.5, 0.6) is 0 Å². The number of aryl methyl sites for hydroxylation is 1. The molecule has 0 radical (unpaired) electrons. The van der Waals surface area contributed by atoms with Gasteiger partial charge in [0.25, 0.3) is 17.7 Å². The second kappa shape index (κ2) is 10.00. The van der Waals surface area contributed by atoms with Crippen molar-refractivity contribution in [2.45, 2.75) is 6.92 Å². The van der Waals surface area contributed by atoms with Crippen molar-refractivity contribution in [2.75, 3.05) is 6.54 Å². The molecule has 8 heteroatoms. The first-order valence-corrected chi connectivity index (χ1v) is 10.3. The van der Waals surface area contributed by atoms with Crippen LogP contribution >= 0.6 is 24.0 Å². The Bertz CT molecular complexity index is 1050. The number of carbonyl (C=O) groups excluding carboxylic acids is 3. The quantitative estimate of drug-likeness (QED) is 0.427.